The van der Waals surface area contributed by atoms with Gasteiger partial charge < -0.3 is 11.1 Å². The molecule has 1 aliphatic rings. The molecule has 0 unspecified atom stereocenters. The average Bonchev–Trinajstić information content (AvgIpc) is 2.93. The summed E-state index contributed by atoms with van der Waals surface area (Å²) in [5.41, 5.74) is 8.65. The predicted octanol–water partition coefficient (Wildman–Crippen LogP) is 1.84. The molecule has 0 bridgehead atoms. The SMILES string of the molecule is N[C@@H]1CN(Cc2ccccc2)C[C@@H]1NCC#Cc1ccccc1. The standard InChI is InChI=1S/C20H23N3/c21-19-15-23(14-18-10-5-2-6-11-18)16-20(19)22-13-7-12-17-8-3-1-4-9-17/h1-6,8-11,19-20,22H,13-16,21H2/t19-,20+/m1/s1. The summed E-state index contributed by atoms with van der Waals surface area (Å²) in [4.78, 5) is 2.41. The molecule has 23 heavy (non-hydrogen) atoms. The number of nitrogens with one attached hydrogen (secondary N) is 1. The molecule has 1 heterocycles. The normalized spacial score (nSPS) is 20.9. The lowest BCUT2D eigenvalue weighted by Gasteiger charge is -2.16. The molecule has 2 atom stereocenters. The van der Waals surface area contributed by atoms with Crippen LogP contribution in [0.5, 0.6) is 0 Å². The molecule has 0 spiro atoms. The molecular weight excluding hydrogens is 282 g/mol. The van der Waals surface area contributed by atoms with Crippen molar-refractivity contribution < 1.29 is 0 Å². The molecule has 3 rings (SSSR count). The Hall–Kier alpha value is -2.12. The van der Waals surface area contributed by atoms with Gasteiger partial charge in [0.1, 0.15) is 0 Å². The smallest absolute Gasteiger partial charge is 0.0583 e. The summed E-state index contributed by atoms with van der Waals surface area (Å²) in [5.74, 6) is 6.35. The topological polar surface area (TPSA) is 41.3 Å². The van der Waals surface area contributed by atoms with Crippen LogP contribution in [-0.4, -0.2) is 36.6 Å². The van der Waals surface area contributed by atoms with Crippen LogP contribution in [0.15, 0.2) is 60.7 Å². The lowest BCUT2D eigenvalue weighted by molar-refractivity contribution is 0.320. The molecule has 3 N–H and O–H groups in total. The number of hydrogen-bond acceptors (Lipinski definition) is 3. The van der Waals surface area contributed by atoms with Crippen molar-refractivity contribution in [2.75, 3.05) is 19.6 Å². The minimum atomic E-state index is 0.164. The Bertz CT molecular complexity index is 658. The lowest BCUT2D eigenvalue weighted by Crippen LogP contribution is -2.44. The predicted molar refractivity (Wildman–Crippen MR) is 94.8 cm³/mol. The third-order valence-electron chi connectivity index (χ3n) is 4.15. The molecule has 118 valence electrons. The van der Waals surface area contributed by atoms with Gasteiger partial charge in [-0.3, -0.25) is 4.90 Å². The van der Waals surface area contributed by atoms with E-state index < -0.39 is 0 Å². The summed E-state index contributed by atoms with van der Waals surface area (Å²) in [6.45, 7) is 3.54. The minimum Gasteiger partial charge on any atom is -0.325 e. The van der Waals surface area contributed by atoms with E-state index in [9.17, 15) is 0 Å². The van der Waals surface area contributed by atoms with E-state index in [1.165, 1.54) is 5.56 Å². The van der Waals surface area contributed by atoms with Crippen LogP contribution in [0.3, 0.4) is 0 Å². The van der Waals surface area contributed by atoms with E-state index in [1.807, 2.05) is 30.3 Å². The summed E-state index contributed by atoms with van der Waals surface area (Å²) in [6, 6.07) is 21.1. The summed E-state index contributed by atoms with van der Waals surface area (Å²) in [5, 5.41) is 3.48. The highest BCUT2D eigenvalue weighted by Crippen LogP contribution is 2.12. The van der Waals surface area contributed by atoms with Crippen LogP contribution in [-0.2, 0) is 6.54 Å². The molecule has 0 amide bonds. The van der Waals surface area contributed by atoms with Gasteiger partial charge in [0.2, 0.25) is 0 Å². The summed E-state index contributed by atoms with van der Waals surface area (Å²) >= 11 is 0. The number of nitrogens with two attached hydrogens (primary N) is 1. The maximum absolute atomic E-state index is 6.26. The third-order valence-corrected chi connectivity index (χ3v) is 4.15. The van der Waals surface area contributed by atoms with E-state index in [0.29, 0.717) is 12.6 Å². The van der Waals surface area contributed by atoms with E-state index >= 15 is 0 Å². The molecule has 0 radical (unpaired) electrons. The molecule has 0 aliphatic carbocycles. The van der Waals surface area contributed by atoms with Crippen molar-refractivity contribution >= 4 is 0 Å². The van der Waals surface area contributed by atoms with Crippen molar-refractivity contribution in [3.63, 3.8) is 0 Å². The molecule has 0 aromatic heterocycles. The Morgan fingerprint density at radius 3 is 2.43 bits per heavy atom. The number of rotatable bonds is 4. The van der Waals surface area contributed by atoms with Crippen molar-refractivity contribution in [1.29, 1.82) is 0 Å². The van der Waals surface area contributed by atoms with Crippen LogP contribution in [0.4, 0.5) is 0 Å². The van der Waals surface area contributed by atoms with Gasteiger partial charge in [0.25, 0.3) is 0 Å². The van der Waals surface area contributed by atoms with Crippen LogP contribution < -0.4 is 11.1 Å². The number of nitrogens with zero attached hydrogens (tertiary/aromatic N) is 1. The monoisotopic (exact) mass is 305 g/mol. The van der Waals surface area contributed by atoms with E-state index in [0.717, 1.165) is 25.2 Å². The lowest BCUT2D eigenvalue weighted by atomic mass is 10.2. The largest absolute Gasteiger partial charge is 0.325 e. The Morgan fingerprint density at radius 1 is 1.00 bits per heavy atom. The van der Waals surface area contributed by atoms with Gasteiger partial charge in [0.15, 0.2) is 0 Å². The molecule has 1 fully saturated rings. The van der Waals surface area contributed by atoms with Crippen molar-refractivity contribution in [2.24, 2.45) is 5.73 Å². The zero-order valence-electron chi connectivity index (χ0n) is 13.3. The first-order chi connectivity index (χ1) is 11.3. The van der Waals surface area contributed by atoms with Crippen molar-refractivity contribution in [3.8, 4) is 11.8 Å². The van der Waals surface area contributed by atoms with E-state index in [2.05, 4.69) is 52.4 Å². The maximum atomic E-state index is 6.26. The minimum absolute atomic E-state index is 0.164. The summed E-state index contributed by atoms with van der Waals surface area (Å²) in [7, 11) is 0. The quantitative estimate of drug-likeness (QED) is 0.847. The summed E-state index contributed by atoms with van der Waals surface area (Å²) in [6.07, 6.45) is 0. The van der Waals surface area contributed by atoms with Gasteiger partial charge in [-0.2, -0.15) is 0 Å². The molecule has 3 heteroatoms. The van der Waals surface area contributed by atoms with Gasteiger partial charge >= 0.3 is 0 Å². The first-order valence-corrected chi connectivity index (χ1v) is 8.10. The average molecular weight is 305 g/mol. The Morgan fingerprint density at radius 2 is 1.70 bits per heavy atom. The molecule has 3 nitrogen and oxygen atoms in total. The van der Waals surface area contributed by atoms with Crippen LogP contribution in [0.1, 0.15) is 11.1 Å². The van der Waals surface area contributed by atoms with Gasteiger partial charge in [-0.05, 0) is 17.7 Å². The van der Waals surface area contributed by atoms with Crippen molar-refractivity contribution in [2.45, 2.75) is 18.6 Å². The fourth-order valence-corrected chi connectivity index (χ4v) is 2.95. The van der Waals surface area contributed by atoms with E-state index in [1.54, 1.807) is 0 Å². The fourth-order valence-electron chi connectivity index (χ4n) is 2.95. The van der Waals surface area contributed by atoms with Gasteiger partial charge in [-0.1, -0.05) is 60.4 Å². The first-order valence-electron chi connectivity index (χ1n) is 8.10. The molecule has 1 aliphatic heterocycles. The highest BCUT2D eigenvalue weighted by molar-refractivity contribution is 5.33. The van der Waals surface area contributed by atoms with Crippen LogP contribution in [0, 0.1) is 11.8 Å². The molecule has 1 saturated heterocycles. The summed E-state index contributed by atoms with van der Waals surface area (Å²) < 4.78 is 0. The van der Waals surface area contributed by atoms with Crippen LogP contribution >= 0.6 is 0 Å². The Balaban J connectivity index is 1.47. The molecule has 2 aromatic carbocycles. The van der Waals surface area contributed by atoms with Crippen molar-refractivity contribution in [3.05, 3.63) is 71.8 Å². The second-order valence-corrected chi connectivity index (χ2v) is 6.00. The maximum Gasteiger partial charge on any atom is 0.0583 e. The van der Waals surface area contributed by atoms with Crippen LogP contribution in [0.25, 0.3) is 0 Å². The molecule has 2 aromatic rings. The molecule has 0 saturated carbocycles. The van der Waals surface area contributed by atoms with E-state index in [4.69, 9.17) is 5.73 Å². The third kappa shape index (κ3) is 4.67. The van der Waals surface area contributed by atoms with Gasteiger partial charge in [0.05, 0.1) is 6.54 Å². The zero-order valence-corrected chi connectivity index (χ0v) is 13.3. The fraction of sp³-hybridized carbons (Fsp3) is 0.300. The number of likely N-dealkylation sites (tertiary alicyclic amines) is 1. The Kier molecular flexibility index (Phi) is 5.44. The highest BCUT2D eigenvalue weighted by Gasteiger charge is 2.29. The van der Waals surface area contributed by atoms with Crippen molar-refractivity contribution in [1.82, 2.24) is 10.2 Å². The number of benzene rings is 2. The first kappa shape index (κ1) is 15.8. The second kappa shape index (κ2) is 7.94. The number of hydrogen-bond donors (Lipinski definition) is 2. The zero-order chi connectivity index (χ0) is 15.9. The highest BCUT2D eigenvalue weighted by atomic mass is 15.2. The van der Waals surface area contributed by atoms with Crippen LogP contribution in [0.2, 0.25) is 0 Å². The van der Waals surface area contributed by atoms with Gasteiger partial charge in [0, 0.05) is 37.3 Å². The Labute approximate surface area is 138 Å². The van der Waals surface area contributed by atoms with E-state index in [-0.39, 0.29) is 6.04 Å². The van der Waals surface area contributed by atoms with Gasteiger partial charge in [-0.25, -0.2) is 0 Å². The van der Waals surface area contributed by atoms with Gasteiger partial charge in [-0.15, -0.1) is 0 Å². The molecular formula is C20H23N3. The second-order valence-electron chi connectivity index (χ2n) is 6.00.